The highest BCUT2D eigenvalue weighted by Crippen LogP contribution is 2.34. The summed E-state index contributed by atoms with van der Waals surface area (Å²) in [7, 11) is 0. The molecular formula is C21H33N3O3. The minimum absolute atomic E-state index is 0.0445. The van der Waals surface area contributed by atoms with E-state index in [-0.39, 0.29) is 12.1 Å². The van der Waals surface area contributed by atoms with E-state index in [0.29, 0.717) is 25.8 Å². The van der Waals surface area contributed by atoms with Crippen molar-refractivity contribution >= 4 is 6.03 Å². The molecule has 2 heterocycles. The van der Waals surface area contributed by atoms with Crippen molar-refractivity contribution in [2.75, 3.05) is 32.8 Å². The van der Waals surface area contributed by atoms with E-state index in [1.54, 1.807) is 0 Å². The summed E-state index contributed by atoms with van der Waals surface area (Å²) in [5.41, 5.74) is 2.40. The van der Waals surface area contributed by atoms with Crippen molar-refractivity contribution in [2.45, 2.75) is 59.2 Å². The van der Waals surface area contributed by atoms with Crippen LogP contribution in [-0.2, 0) is 13.0 Å². The van der Waals surface area contributed by atoms with Gasteiger partial charge in [-0.3, -0.25) is 4.90 Å². The number of carbonyl (C=O) groups is 1. The average Bonchev–Trinajstić information content (AvgIpc) is 3.11. The van der Waals surface area contributed by atoms with E-state index in [1.165, 1.54) is 5.56 Å². The Balaban J connectivity index is 1.65. The molecule has 27 heavy (non-hydrogen) atoms. The average molecular weight is 376 g/mol. The van der Waals surface area contributed by atoms with Gasteiger partial charge in [0.05, 0.1) is 13.2 Å². The molecule has 6 heteroatoms. The number of rotatable bonds is 6. The highest BCUT2D eigenvalue weighted by atomic mass is 16.5. The van der Waals surface area contributed by atoms with Crippen LogP contribution in [0.2, 0.25) is 0 Å². The first-order valence-corrected chi connectivity index (χ1v) is 10.2. The molecule has 0 spiro atoms. The zero-order chi connectivity index (χ0) is 19.4. The van der Waals surface area contributed by atoms with Gasteiger partial charge in [-0.2, -0.15) is 0 Å². The number of urea groups is 1. The summed E-state index contributed by atoms with van der Waals surface area (Å²) in [6.45, 7) is 12.9. The van der Waals surface area contributed by atoms with Crippen LogP contribution in [0.1, 0.15) is 45.2 Å². The van der Waals surface area contributed by atoms with E-state index in [9.17, 15) is 4.79 Å². The lowest BCUT2D eigenvalue weighted by Gasteiger charge is -2.31. The molecule has 1 atom stereocenters. The number of fused-ring (bicyclic) bond motifs is 1. The molecule has 1 unspecified atom stereocenters. The van der Waals surface area contributed by atoms with Crippen LogP contribution in [0.4, 0.5) is 4.79 Å². The van der Waals surface area contributed by atoms with Crippen molar-refractivity contribution < 1.29 is 14.3 Å². The van der Waals surface area contributed by atoms with Crippen LogP contribution in [0.3, 0.4) is 0 Å². The van der Waals surface area contributed by atoms with Gasteiger partial charge in [-0.05, 0) is 63.8 Å². The quantitative estimate of drug-likeness (QED) is 0.830. The first-order chi connectivity index (χ1) is 13.0. The van der Waals surface area contributed by atoms with Gasteiger partial charge in [-0.1, -0.05) is 0 Å². The second-order valence-corrected chi connectivity index (χ2v) is 7.63. The Labute approximate surface area is 162 Å². The number of nitrogens with one attached hydrogen (secondary N) is 1. The van der Waals surface area contributed by atoms with Crippen molar-refractivity contribution in [3.05, 3.63) is 23.3 Å². The smallest absolute Gasteiger partial charge is 0.317 e. The summed E-state index contributed by atoms with van der Waals surface area (Å²) in [5, 5.41) is 3.23. The molecule has 2 aliphatic heterocycles. The number of carbonyl (C=O) groups excluding carboxylic acids is 1. The Morgan fingerprint density at radius 1 is 1.15 bits per heavy atom. The third kappa shape index (κ3) is 4.67. The predicted molar refractivity (Wildman–Crippen MR) is 107 cm³/mol. The third-order valence-corrected chi connectivity index (χ3v) is 5.44. The zero-order valence-electron chi connectivity index (χ0n) is 17.1. The van der Waals surface area contributed by atoms with E-state index < -0.39 is 0 Å². The summed E-state index contributed by atoms with van der Waals surface area (Å²) in [5.74, 6) is 1.57. The number of benzene rings is 1. The molecule has 6 nitrogen and oxygen atoms in total. The van der Waals surface area contributed by atoms with Crippen LogP contribution < -0.4 is 14.8 Å². The fraction of sp³-hybridized carbons (Fsp3) is 0.667. The molecule has 1 fully saturated rings. The fourth-order valence-corrected chi connectivity index (χ4v) is 3.91. The maximum atomic E-state index is 12.8. The molecule has 1 saturated heterocycles. The highest BCUT2D eigenvalue weighted by Gasteiger charge is 2.28. The van der Waals surface area contributed by atoms with Gasteiger partial charge in [0.25, 0.3) is 0 Å². The Hall–Kier alpha value is -1.95. The minimum atomic E-state index is 0.0445. The Kier molecular flexibility index (Phi) is 6.47. The molecule has 0 saturated carbocycles. The van der Waals surface area contributed by atoms with Crippen molar-refractivity contribution in [2.24, 2.45) is 0 Å². The largest absolute Gasteiger partial charge is 0.490 e. The van der Waals surface area contributed by atoms with Gasteiger partial charge in [0.2, 0.25) is 0 Å². The number of ether oxygens (including phenoxy) is 2. The molecule has 2 aliphatic rings. The van der Waals surface area contributed by atoms with Gasteiger partial charge in [-0.25, -0.2) is 4.79 Å². The molecule has 0 radical (unpaired) electrons. The van der Waals surface area contributed by atoms with Crippen molar-refractivity contribution in [1.82, 2.24) is 15.1 Å². The van der Waals surface area contributed by atoms with Gasteiger partial charge < -0.3 is 19.7 Å². The lowest BCUT2D eigenvalue weighted by molar-refractivity contribution is 0.187. The number of nitrogens with zero attached hydrogens (tertiary/aromatic N) is 2. The maximum Gasteiger partial charge on any atom is 0.317 e. The summed E-state index contributed by atoms with van der Waals surface area (Å²) < 4.78 is 11.5. The van der Waals surface area contributed by atoms with Gasteiger partial charge in [0, 0.05) is 38.3 Å². The van der Waals surface area contributed by atoms with Crippen molar-refractivity contribution in [3.63, 3.8) is 0 Å². The molecular weight excluding hydrogens is 342 g/mol. The molecule has 1 aromatic carbocycles. The van der Waals surface area contributed by atoms with E-state index >= 15 is 0 Å². The summed E-state index contributed by atoms with van der Waals surface area (Å²) in [6.07, 6.45) is 1.87. The van der Waals surface area contributed by atoms with Crippen molar-refractivity contribution in [3.8, 4) is 11.5 Å². The Bertz CT molecular complexity index is 662. The summed E-state index contributed by atoms with van der Waals surface area (Å²) >= 11 is 0. The highest BCUT2D eigenvalue weighted by molar-refractivity contribution is 5.75. The Morgan fingerprint density at radius 2 is 1.81 bits per heavy atom. The lowest BCUT2D eigenvalue weighted by Crippen LogP contribution is -2.47. The molecule has 3 rings (SSSR count). The normalized spacial score (nSPS) is 19.9. The first kappa shape index (κ1) is 19.8. The van der Waals surface area contributed by atoms with Crippen LogP contribution in [0, 0.1) is 0 Å². The molecule has 0 bridgehead atoms. The minimum Gasteiger partial charge on any atom is -0.490 e. The van der Waals surface area contributed by atoms with E-state index in [1.807, 2.05) is 24.8 Å². The molecule has 150 valence electrons. The first-order valence-electron chi connectivity index (χ1n) is 10.2. The van der Waals surface area contributed by atoms with Gasteiger partial charge in [-0.15, -0.1) is 0 Å². The predicted octanol–water partition coefficient (Wildman–Crippen LogP) is 3.03. The standard InChI is InChI=1S/C21H33N3O3/c1-5-26-19-11-16-7-9-24(13-17(16)12-20(19)27-6-2)21(25)22-18-8-10-23(14-18)15(3)4/h11-12,15,18H,5-10,13-14H2,1-4H3,(H,22,25). The van der Waals surface area contributed by atoms with Gasteiger partial charge in [0.15, 0.2) is 11.5 Å². The van der Waals surface area contributed by atoms with Crippen LogP contribution in [-0.4, -0.2) is 60.8 Å². The van der Waals surface area contributed by atoms with Gasteiger partial charge >= 0.3 is 6.03 Å². The molecule has 0 aromatic heterocycles. The van der Waals surface area contributed by atoms with E-state index in [4.69, 9.17) is 9.47 Å². The summed E-state index contributed by atoms with van der Waals surface area (Å²) in [6, 6.07) is 4.95. The summed E-state index contributed by atoms with van der Waals surface area (Å²) in [4.78, 5) is 17.1. The number of amides is 2. The third-order valence-electron chi connectivity index (χ3n) is 5.44. The van der Waals surface area contributed by atoms with Crippen LogP contribution in [0.25, 0.3) is 0 Å². The zero-order valence-corrected chi connectivity index (χ0v) is 17.1. The molecule has 1 aromatic rings. The fourth-order valence-electron chi connectivity index (χ4n) is 3.91. The second kappa shape index (κ2) is 8.83. The van der Waals surface area contributed by atoms with E-state index in [2.05, 4.69) is 30.1 Å². The maximum absolute atomic E-state index is 12.8. The van der Waals surface area contributed by atoms with Gasteiger partial charge in [0.1, 0.15) is 0 Å². The monoisotopic (exact) mass is 375 g/mol. The second-order valence-electron chi connectivity index (χ2n) is 7.63. The van der Waals surface area contributed by atoms with E-state index in [0.717, 1.165) is 49.5 Å². The molecule has 1 N–H and O–H groups in total. The van der Waals surface area contributed by atoms with Crippen LogP contribution >= 0.6 is 0 Å². The van der Waals surface area contributed by atoms with Crippen molar-refractivity contribution in [1.29, 1.82) is 0 Å². The van der Waals surface area contributed by atoms with Crippen LogP contribution in [0.15, 0.2) is 12.1 Å². The molecule has 2 amide bonds. The number of likely N-dealkylation sites (tertiary alicyclic amines) is 1. The Morgan fingerprint density at radius 3 is 2.41 bits per heavy atom. The topological polar surface area (TPSA) is 54.0 Å². The SMILES string of the molecule is CCOc1cc2c(cc1OCC)CN(C(=O)NC1CCN(C(C)C)C1)CC2. The lowest BCUT2D eigenvalue weighted by atomic mass is 9.99. The number of hydrogen-bond donors (Lipinski definition) is 1. The molecule has 0 aliphatic carbocycles. The number of hydrogen-bond acceptors (Lipinski definition) is 4. The van der Waals surface area contributed by atoms with Crippen LogP contribution in [0.5, 0.6) is 11.5 Å².